The Hall–Kier alpha value is -3.27. The zero-order valence-electron chi connectivity index (χ0n) is 16.3. The molecule has 0 atom stereocenters. The first-order chi connectivity index (χ1) is 15.0. The highest BCUT2D eigenvalue weighted by molar-refractivity contribution is 9.10. The van der Waals surface area contributed by atoms with Crippen LogP contribution in [0, 0.1) is 5.82 Å². The van der Waals surface area contributed by atoms with Crippen molar-refractivity contribution in [2.24, 2.45) is 0 Å². The number of nitrogens with zero attached hydrogens (tertiary/aromatic N) is 3. The highest BCUT2D eigenvalue weighted by Crippen LogP contribution is 2.28. The molecule has 0 unspecified atom stereocenters. The first kappa shape index (κ1) is 19.7. The number of hydrogen-bond acceptors (Lipinski definition) is 6. The Kier molecular flexibility index (Phi) is 4.93. The number of fused-ring (bicyclic) bond motifs is 1. The molecule has 0 radical (unpaired) electrons. The summed E-state index contributed by atoms with van der Waals surface area (Å²) in [5, 5.41) is 13.4. The SMILES string of the molecule is O=C1C/C(=C\c2cnn3c(NC4CC4)cc(NCc4ccc(F)cc4Br)nc23)C(=O)N1. The van der Waals surface area contributed by atoms with Gasteiger partial charge in [0, 0.05) is 34.3 Å². The fourth-order valence-corrected chi connectivity index (χ4v) is 3.86. The Morgan fingerprint density at radius 3 is 2.84 bits per heavy atom. The largest absolute Gasteiger partial charge is 0.367 e. The lowest BCUT2D eigenvalue weighted by Gasteiger charge is -2.12. The van der Waals surface area contributed by atoms with Gasteiger partial charge in [-0.05, 0) is 36.6 Å². The molecule has 5 rings (SSSR count). The molecule has 1 aliphatic carbocycles. The van der Waals surface area contributed by atoms with Crippen LogP contribution in [0.15, 0.2) is 40.5 Å². The first-order valence-corrected chi connectivity index (χ1v) is 10.6. The van der Waals surface area contributed by atoms with Crippen LogP contribution in [0.3, 0.4) is 0 Å². The van der Waals surface area contributed by atoms with Gasteiger partial charge in [-0.2, -0.15) is 9.61 Å². The maximum Gasteiger partial charge on any atom is 0.254 e. The minimum Gasteiger partial charge on any atom is -0.367 e. The van der Waals surface area contributed by atoms with E-state index in [4.69, 9.17) is 0 Å². The first-order valence-electron chi connectivity index (χ1n) is 9.84. The second kappa shape index (κ2) is 7.77. The number of rotatable bonds is 6. The van der Waals surface area contributed by atoms with E-state index in [0.717, 1.165) is 24.2 Å². The molecule has 1 aliphatic heterocycles. The molecule has 1 saturated heterocycles. The van der Waals surface area contributed by atoms with Gasteiger partial charge >= 0.3 is 0 Å². The number of hydrogen-bond donors (Lipinski definition) is 3. The molecule has 10 heteroatoms. The van der Waals surface area contributed by atoms with Crippen LogP contribution < -0.4 is 16.0 Å². The Bertz CT molecular complexity index is 1250. The molecule has 1 saturated carbocycles. The van der Waals surface area contributed by atoms with Crippen molar-refractivity contribution in [1.29, 1.82) is 0 Å². The molecule has 3 heterocycles. The second-order valence-electron chi connectivity index (χ2n) is 7.59. The van der Waals surface area contributed by atoms with Crippen molar-refractivity contribution in [3.8, 4) is 0 Å². The lowest BCUT2D eigenvalue weighted by molar-refractivity contribution is -0.124. The standard InChI is InChI=1S/C21H18BrFN6O2/c22-16-7-14(23)2-1-11(16)9-24-17-8-18(26-15-3-4-15)29-20(27-17)13(10-25-29)5-12-6-19(30)28-21(12)31/h1-2,5,7-8,10,15,26H,3-4,6,9H2,(H,24,27)(H,28,30,31)/b12-5+. The van der Waals surface area contributed by atoms with Gasteiger partial charge in [-0.15, -0.1) is 0 Å². The molecule has 158 valence electrons. The fraction of sp³-hybridized carbons (Fsp3) is 0.238. The summed E-state index contributed by atoms with van der Waals surface area (Å²) in [6.45, 7) is 0.439. The van der Waals surface area contributed by atoms with Gasteiger partial charge in [0.05, 0.1) is 12.6 Å². The molecular formula is C21H18BrFN6O2. The summed E-state index contributed by atoms with van der Waals surface area (Å²) in [6, 6.07) is 6.81. The predicted octanol–water partition coefficient (Wildman–Crippen LogP) is 3.25. The van der Waals surface area contributed by atoms with Gasteiger partial charge in [0.1, 0.15) is 17.5 Å². The lowest BCUT2D eigenvalue weighted by atomic mass is 10.1. The molecule has 2 aromatic heterocycles. The van der Waals surface area contributed by atoms with Crippen molar-refractivity contribution in [2.45, 2.75) is 31.8 Å². The van der Waals surface area contributed by atoms with Gasteiger partial charge < -0.3 is 10.6 Å². The van der Waals surface area contributed by atoms with E-state index in [1.807, 2.05) is 6.07 Å². The number of carbonyl (C=O) groups excluding carboxylic acids is 2. The Morgan fingerprint density at radius 1 is 1.29 bits per heavy atom. The van der Waals surface area contributed by atoms with Crippen LogP contribution in [0.25, 0.3) is 11.7 Å². The number of benzene rings is 1. The molecule has 2 fully saturated rings. The van der Waals surface area contributed by atoms with E-state index in [1.165, 1.54) is 12.1 Å². The summed E-state index contributed by atoms with van der Waals surface area (Å²) >= 11 is 3.38. The van der Waals surface area contributed by atoms with E-state index in [-0.39, 0.29) is 18.1 Å². The summed E-state index contributed by atoms with van der Waals surface area (Å²) in [6.07, 6.45) is 5.51. The number of nitrogens with one attached hydrogen (secondary N) is 3. The van der Waals surface area contributed by atoms with Crippen molar-refractivity contribution in [3.63, 3.8) is 0 Å². The third-order valence-corrected chi connectivity index (χ3v) is 5.87. The number of anilines is 2. The highest BCUT2D eigenvalue weighted by atomic mass is 79.9. The van der Waals surface area contributed by atoms with Gasteiger partial charge in [0.2, 0.25) is 5.91 Å². The van der Waals surface area contributed by atoms with Gasteiger partial charge in [-0.3, -0.25) is 14.9 Å². The molecule has 31 heavy (non-hydrogen) atoms. The van der Waals surface area contributed by atoms with Gasteiger partial charge in [-0.25, -0.2) is 9.37 Å². The summed E-state index contributed by atoms with van der Waals surface area (Å²) in [5.74, 6) is 0.376. The average molecular weight is 485 g/mol. The molecule has 1 aromatic carbocycles. The monoisotopic (exact) mass is 484 g/mol. The minimum absolute atomic E-state index is 0.0416. The zero-order chi connectivity index (χ0) is 21.5. The van der Waals surface area contributed by atoms with E-state index in [2.05, 4.69) is 42.0 Å². The summed E-state index contributed by atoms with van der Waals surface area (Å²) in [4.78, 5) is 28.1. The van der Waals surface area contributed by atoms with Crippen molar-refractivity contribution in [2.75, 3.05) is 10.6 Å². The molecule has 0 bridgehead atoms. The van der Waals surface area contributed by atoms with Crippen LogP contribution >= 0.6 is 15.9 Å². The van der Waals surface area contributed by atoms with Crippen LogP contribution in [0.1, 0.15) is 30.4 Å². The van der Waals surface area contributed by atoms with Gasteiger partial charge in [-0.1, -0.05) is 22.0 Å². The predicted molar refractivity (Wildman–Crippen MR) is 117 cm³/mol. The van der Waals surface area contributed by atoms with E-state index >= 15 is 0 Å². The second-order valence-corrected chi connectivity index (χ2v) is 8.45. The number of imide groups is 1. The van der Waals surface area contributed by atoms with Crippen molar-refractivity contribution < 1.29 is 14.0 Å². The van der Waals surface area contributed by atoms with E-state index in [1.54, 1.807) is 22.9 Å². The maximum absolute atomic E-state index is 13.4. The summed E-state index contributed by atoms with van der Waals surface area (Å²) in [5.41, 5.74) is 2.47. The lowest BCUT2D eigenvalue weighted by Crippen LogP contribution is -2.19. The molecule has 3 N–H and O–H groups in total. The molecule has 0 spiro atoms. The quantitative estimate of drug-likeness (QED) is 0.366. The highest BCUT2D eigenvalue weighted by Gasteiger charge is 2.25. The average Bonchev–Trinajstić information content (AvgIpc) is 3.36. The molecule has 2 amide bonds. The summed E-state index contributed by atoms with van der Waals surface area (Å²) < 4.78 is 15.7. The number of halogens is 2. The Morgan fingerprint density at radius 2 is 2.13 bits per heavy atom. The smallest absolute Gasteiger partial charge is 0.254 e. The van der Waals surface area contributed by atoms with Gasteiger partial charge in [0.25, 0.3) is 5.91 Å². The van der Waals surface area contributed by atoms with Crippen molar-refractivity contribution >= 4 is 51.1 Å². The van der Waals surface area contributed by atoms with E-state index < -0.39 is 5.91 Å². The fourth-order valence-electron chi connectivity index (χ4n) is 3.37. The normalized spacial score (nSPS) is 17.4. The van der Waals surface area contributed by atoms with Crippen molar-refractivity contribution in [3.05, 3.63) is 57.5 Å². The van der Waals surface area contributed by atoms with Crippen LogP contribution in [0.5, 0.6) is 0 Å². The van der Waals surface area contributed by atoms with E-state index in [9.17, 15) is 14.0 Å². The third-order valence-electron chi connectivity index (χ3n) is 5.13. The minimum atomic E-state index is -0.392. The number of aromatic nitrogens is 3. The maximum atomic E-state index is 13.4. The van der Waals surface area contributed by atoms with E-state index in [0.29, 0.717) is 39.7 Å². The van der Waals surface area contributed by atoms with Crippen LogP contribution in [0.2, 0.25) is 0 Å². The Labute approximate surface area is 185 Å². The van der Waals surface area contributed by atoms with Crippen LogP contribution in [-0.4, -0.2) is 32.5 Å². The van der Waals surface area contributed by atoms with Crippen molar-refractivity contribution in [1.82, 2.24) is 19.9 Å². The summed E-state index contributed by atoms with van der Waals surface area (Å²) in [7, 11) is 0. The Balaban J connectivity index is 1.49. The molecule has 2 aliphatic rings. The topological polar surface area (TPSA) is 100 Å². The van der Waals surface area contributed by atoms with Crippen LogP contribution in [-0.2, 0) is 16.1 Å². The molecule has 8 nitrogen and oxygen atoms in total. The molecular weight excluding hydrogens is 467 g/mol. The number of carbonyl (C=O) groups is 2. The molecule has 3 aromatic rings. The number of amides is 2. The zero-order valence-corrected chi connectivity index (χ0v) is 17.9. The third kappa shape index (κ3) is 4.15. The van der Waals surface area contributed by atoms with Gasteiger partial charge in [0.15, 0.2) is 5.65 Å². The van der Waals surface area contributed by atoms with Crippen LogP contribution in [0.4, 0.5) is 16.0 Å².